The second-order valence-corrected chi connectivity index (χ2v) is 10.2. The van der Waals surface area contributed by atoms with E-state index in [9.17, 15) is 14.4 Å². The molecule has 2 fully saturated rings. The van der Waals surface area contributed by atoms with Gasteiger partial charge in [-0.15, -0.1) is 0 Å². The number of likely N-dealkylation sites (tertiary alicyclic amines) is 2. The normalized spacial score (nSPS) is 26.2. The fourth-order valence-electron chi connectivity index (χ4n) is 4.64. The molecule has 3 amide bonds. The molecule has 31 heavy (non-hydrogen) atoms. The number of carbonyl (C=O) groups excluding carboxylic acids is 3. The first-order chi connectivity index (χ1) is 14.9. The minimum atomic E-state index is -0.459. The van der Waals surface area contributed by atoms with Crippen molar-refractivity contribution in [1.82, 2.24) is 9.80 Å². The maximum absolute atomic E-state index is 12.8. The number of amidine groups is 1. The van der Waals surface area contributed by atoms with E-state index in [4.69, 9.17) is 0 Å². The Morgan fingerprint density at radius 3 is 2.39 bits per heavy atom. The van der Waals surface area contributed by atoms with Gasteiger partial charge in [0, 0.05) is 43.9 Å². The molecule has 1 N–H and O–H groups in total. The second kappa shape index (κ2) is 9.42. The van der Waals surface area contributed by atoms with Crippen molar-refractivity contribution in [3.63, 3.8) is 0 Å². The number of hydrogen-bond donors (Lipinski definition) is 1. The summed E-state index contributed by atoms with van der Waals surface area (Å²) in [4.78, 5) is 45.7. The lowest BCUT2D eigenvalue weighted by Crippen LogP contribution is -2.42. The van der Waals surface area contributed by atoms with Gasteiger partial charge in [-0.2, -0.15) is 4.99 Å². The Balaban J connectivity index is 1.29. The predicted octanol–water partition coefficient (Wildman–Crippen LogP) is 3.23. The van der Waals surface area contributed by atoms with Gasteiger partial charge in [0.15, 0.2) is 5.17 Å². The molecule has 3 heterocycles. The molecule has 0 aliphatic carbocycles. The van der Waals surface area contributed by atoms with E-state index in [0.29, 0.717) is 23.1 Å². The number of piperidine rings is 1. The zero-order valence-electron chi connectivity index (χ0n) is 18.2. The van der Waals surface area contributed by atoms with Gasteiger partial charge < -0.3 is 15.1 Å². The van der Waals surface area contributed by atoms with Crippen LogP contribution in [0.25, 0.3) is 0 Å². The molecule has 0 bridgehead atoms. The highest BCUT2D eigenvalue weighted by Gasteiger charge is 2.33. The van der Waals surface area contributed by atoms with E-state index in [2.05, 4.69) is 29.1 Å². The number of amides is 3. The van der Waals surface area contributed by atoms with E-state index in [1.165, 1.54) is 11.8 Å². The standard InChI is InChI=1S/C23H30N4O3S/c1-15-11-16(2)14-27(13-15)22(30)17-5-7-18(8-6-17)24-20(28)12-19-21(29)25-23(31-19)26-9-3-4-10-26/h5-8,15-16,19H,3-4,9-14H2,1-2H3,(H,24,28)/t15-,16-,19-/m1/s1. The van der Waals surface area contributed by atoms with Crippen molar-refractivity contribution in [3.8, 4) is 0 Å². The molecule has 3 atom stereocenters. The van der Waals surface area contributed by atoms with Crippen LogP contribution in [-0.4, -0.2) is 64.1 Å². The summed E-state index contributed by atoms with van der Waals surface area (Å²) in [5, 5.41) is 3.14. The fourth-order valence-corrected chi connectivity index (χ4v) is 5.76. The third kappa shape index (κ3) is 5.29. The van der Waals surface area contributed by atoms with Crippen molar-refractivity contribution in [1.29, 1.82) is 0 Å². The van der Waals surface area contributed by atoms with Crippen LogP contribution in [0.2, 0.25) is 0 Å². The average Bonchev–Trinajstić information content (AvgIpc) is 3.38. The third-order valence-corrected chi connectivity index (χ3v) is 7.26. The van der Waals surface area contributed by atoms with E-state index in [1.807, 2.05) is 4.90 Å². The van der Waals surface area contributed by atoms with Crippen LogP contribution in [0.4, 0.5) is 5.69 Å². The van der Waals surface area contributed by atoms with Crippen molar-refractivity contribution in [2.75, 3.05) is 31.5 Å². The maximum atomic E-state index is 12.8. The van der Waals surface area contributed by atoms with Crippen LogP contribution in [0.1, 0.15) is 49.9 Å². The second-order valence-electron chi connectivity index (χ2n) is 9.02. The average molecular weight is 443 g/mol. The predicted molar refractivity (Wildman–Crippen MR) is 123 cm³/mol. The zero-order chi connectivity index (χ0) is 22.0. The van der Waals surface area contributed by atoms with Crippen molar-refractivity contribution in [3.05, 3.63) is 29.8 Å². The van der Waals surface area contributed by atoms with Crippen LogP contribution >= 0.6 is 11.8 Å². The molecule has 3 aliphatic rings. The Kier molecular flexibility index (Phi) is 6.65. The first kappa shape index (κ1) is 21.9. The molecule has 0 unspecified atom stereocenters. The largest absolute Gasteiger partial charge is 0.351 e. The van der Waals surface area contributed by atoms with Crippen molar-refractivity contribution < 1.29 is 14.4 Å². The molecule has 2 saturated heterocycles. The lowest BCUT2D eigenvalue weighted by Gasteiger charge is -2.35. The Morgan fingerprint density at radius 2 is 1.74 bits per heavy atom. The van der Waals surface area contributed by atoms with Crippen LogP contribution in [0, 0.1) is 11.8 Å². The van der Waals surface area contributed by atoms with Crippen LogP contribution in [-0.2, 0) is 9.59 Å². The van der Waals surface area contributed by atoms with E-state index < -0.39 is 5.25 Å². The van der Waals surface area contributed by atoms with Crippen molar-refractivity contribution in [2.45, 2.75) is 44.8 Å². The third-order valence-electron chi connectivity index (χ3n) is 6.05. The molecule has 1 aromatic rings. The lowest BCUT2D eigenvalue weighted by atomic mass is 9.91. The van der Waals surface area contributed by atoms with E-state index >= 15 is 0 Å². The molecule has 3 aliphatic heterocycles. The molecule has 1 aromatic carbocycles. The molecule has 4 rings (SSSR count). The Bertz CT molecular complexity index is 869. The highest BCUT2D eigenvalue weighted by molar-refractivity contribution is 8.15. The van der Waals surface area contributed by atoms with E-state index in [-0.39, 0.29) is 24.1 Å². The summed E-state index contributed by atoms with van der Waals surface area (Å²) in [6.07, 6.45) is 3.48. The topological polar surface area (TPSA) is 82.1 Å². The van der Waals surface area contributed by atoms with E-state index in [0.717, 1.165) is 50.6 Å². The van der Waals surface area contributed by atoms with Gasteiger partial charge in [-0.05, 0) is 55.4 Å². The summed E-state index contributed by atoms with van der Waals surface area (Å²) >= 11 is 1.39. The molecule has 166 valence electrons. The summed E-state index contributed by atoms with van der Waals surface area (Å²) in [6.45, 7) is 7.80. The molecule has 0 aromatic heterocycles. The number of nitrogens with zero attached hydrogens (tertiary/aromatic N) is 3. The molecule has 0 radical (unpaired) electrons. The Hall–Kier alpha value is -2.35. The summed E-state index contributed by atoms with van der Waals surface area (Å²) in [6, 6.07) is 7.01. The minimum absolute atomic E-state index is 0.0378. The van der Waals surface area contributed by atoms with Gasteiger partial charge in [0.2, 0.25) is 5.91 Å². The number of benzene rings is 1. The summed E-state index contributed by atoms with van der Waals surface area (Å²) in [5.74, 6) is 0.611. The van der Waals surface area contributed by atoms with Gasteiger partial charge in [-0.1, -0.05) is 25.6 Å². The smallest absolute Gasteiger partial charge is 0.262 e. The van der Waals surface area contributed by atoms with Crippen molar-refractivity contribution >= 4 is 40.3 Å². The molecule has 8 heteroatoms. The maximum Gasteiger partial charge on any atom is 0.262 e. The summed E-state index contributed by atoms with van der Waals surface area (Å²) in [5.41, 5.74) is 1.25. The van der Waals surface area contributed by atoms with Crippen LogP contribution < -0.4 is 5.32 Å². The quantitative estimate of drug-likeness (QED) is 0.774. The van der Waals surface area contributed by atoms with Gasteiger partial charge >= 0.3 is 0 Å². The zero-order valence-corrected chi connectivity index (χ0v) is 19.0. The highest BCUT2D eigenvalue weighted by atomic mass is 32.2. The molecule has 0 saturated carbocycles. The van der Waals surface area contributed by atoms with Gasteiger partial charge in [0.25, 0.3) is 11.8 Å². The SMILES string of the molecule is C[C@@H]1C[C@@H](C)CN(C(=O)c2ccc(NC(=O)C[C@H]3SC(N4CCCC4)=NC3=O)cc2)C1. The number of aliphatic imine (C=N–C) groups is 1. The van der Waals surface area contributed by atoms with Gasteiger partial charge in [0.05, 0.1) is 0 Å². The lowest BCUT2D eigenvalue weighted by molar-refractivity contribution is -0.121. The van der Waals surface area contributed by atoms with Gasteiger partial charge in [-0.3, -0.25) is 14.4 Å². The Labute approximate surface area is 187 Å². The molecule has 0 spiro atoms. The van der Waals surface area contributed by atoms with Crippen LogP contribution in [0.5, 0.6) is 0 Å². The number of thioether (sulfide) groups is 1. The molecular weight excluding hydrogens is 412 g/mol. The van der Waals surface area contributed by atoms with Crippen LogP contribution in [0.3, 0.4) is 0 Å². The van der Waals surface area contributed by atoms with E-state index in [1.54, 1.807) is 24.3 Å². The van der Waals surface area contributed by atoms with Crippen LogP contribution in [0.15, 0.2) is 29.3 Å². The first-order valence-corrected chi connectivity index (χ1v) is 12.0. The fraction of sp³-hybridized carbons (Fsp3) is 0.565. The summed E-state index contributed by atoms with van der Waals surface area (Å²) in [7, 11) is 0. The van der Waals surface area contributed by atoms with Crippen molar-refractivity contribution in [2.24, 2.45) is 16.8 Å². The number of anilines is 1. The van der Waals surface area contributed by atoms with Gasteiger partial charge in [-0.25, -0.2) is 0 Å². The number of hydrogen-bond acceptors (Lipinski definition) is 5. The molecule has 7 nitrogen and oxygen atoms in total. The minimum Gasteiger partial charge on any atom is -0.351 e. The van der Waals surface area contributed by atoms with Gasteiger partial charge in [0.1, 0.15) is 5.25 Å². The number of carbonyl (C=O) groups is 3. The first-order valence-electron chi connectivity index (χ1n) is 11.1. The number of rotatable bonds is 4. The number of nitrogens with one attached hydrogen (secondary N) is 1. The highest BCUT2D eigenvalue weighted by Crippen LogP contribution is 2.29. The summed E-state index contributed by atoms with van der Waals surface area (Å²) < 4.78 is 0. The molecular formula is C23H30N4O3S. The monoisotopic (exact) mass is 442 g/mol. The Morgan fingerprint density at radius 1 is 1.10 bits per heavy atom.